The first-order chi connectivity index (χ1) is 20.1. The Hall–Kier alpha value is -3.31. The van der Waals surface area contributed by atoms with E-state index in [1.807, 2.05) is 18.2 Å². The number of rotatable bonds is 11. The summed E-state index contributed by atoms with van der Waals surface area (Å²) in [7, 11) is -0.593. The van der Waals surface area contributed by atoms with E-state index in [-0.39, 0.29) is 29.1 Å². The van der Waals surface area contributed by atoms with E-state index in [9.17, 15) is 18.0 Å². The zero-order valence-corrected chi connectivity index (χ0v) is 25.7. The highest BCUT2D eigenvalue weighted by atomic mass is 35.5. The molecule has 0 aliphatic carbocycles. The number of hydrogen-bond acceptors (Lipinski definition) is 6. The van der Waals surface area contributed by atoms with Gasteiger partial charge >= 0.3 is 0 Å². The number of anilines is 1. The lowest BCUT2D eigenvalue weighted by Crippen LogP contribution is -2.44. The fourth-order valence-electron chi connectivity index (χ4n) is 4.81. The van der Waals surface area contributed by atoms with Gasteiger partial charge in [0.15, 0.2) is 11.5 Å². The number of benzene rings is 3. The Morgan fingerprint density at radius 2 is 1.76 bits per heavy atom. The highest BCUT2D eigenvalue weighted by Crippen LogP contribution is 2.29. The minimum atomic E-state index is -3.73. The smallest absolute Gasteiger partial charge is 0.253 e. The number of piperidine rings is 1. The summed E-state index contributed by atoms with van der Waals surface area (Å²) in [5.74, 6) is -0.305. The molecule has 1 fully saturated rings. The van der Waals surface area contributed by atoms with Crippen LogP contribution in [0.2, 0.25) is 10.0 Å². The molecule has 0 radical (unpaired) electrons. The molecule has 2 N–H and O–H groups in total. The summed E-state index contributed by atoms with van der Waals surface area (Å²) < 4.78 is 38.3. The lowest BCUT2D eigenvalue weighted by Gasteiger charge is -2.31. The molecular weight excluding hydrogens is 601 g/mol. The Kier molecular flexibility index (Phi) is 10.7. The van der Waals surface area contributed by atoms with Gasteiger partial charge in [-0.2, -0.15) is 0 Å². The third kappa shape index (κ3) is 7.95. The molecule has 1 aliphatic heterocycles. The Bertz CT molecular complexity index is 1550. The molecule has 4 rings (SSSR count). The van der Waals surface area contributed by atoms with E-state index in [0.29, 0.717) is 65.7 Å². The van der Waals surface area contributed by atoms with Gasteiger partial charge in [-0.15, -0.1) is 0 Å². The van der Waals surface area contributed by atoms with Crippen LogP contribution in [0, 0.1) is 5.92 Å². The van der Waals surface area contributed by atoms with Crippen molar-refractivity contribution < 1.29 is 27.5 Å². The fraction of sp³-hybridized carbons (Fsp3) is 0.333. The van der Waals surface area contributed by atoms with E-state index in [1.165, 1.54) is 10.4 Å². The summed E-state index contributed by atoms with van der Waals surface area (Å²) in [6.45, 7) is 0.721. The maximum atomic E-state index is 13.3. The van der Waals surface area contributed by atoms with Gasteiger partial charge in [0.2, 0.25) is 15.9 Å². The van der Waals surface area contributed by atoms with E-state index >= 15 is 0 Å². The molecule has 224 valence electrons. The fourth-order valence-corrected chi connectivity index (χ4v) is 7.01. The Morgan fingerprint density at radius 1 is 1.00 bits per heavy atom. The SMILES string of the molecule is COc1ccc(CCNC(=O)c2ccccc2NC(=O)[C@@H]2CCCN(S(=O)(=O)Cc3ccc(Cl)cc3Cl)C2)cc1OC. The predicted molar refractivity (Wildman–Crippen MR) is 164 cm³/mol. The van der Waals surface area contributed by atoms with Gasteiger partial charge in [0.1, 0.15) is 0 Å². The summed E-state index contributed by atoms with van der Waals surface area (Å²) in [6, 6.07) is 17.0. The summed E-state index contributed by atoms with van der Waals surface area (Å²) in [4.78, 5) is 26.3. The van der Waals surface area contributed by atoms with Crippen molar-refractivity contribution in [3.63, 3.8) is 0 Å². The Balaban J connectivity index is 1.36. The van der Waals surface area contributed by atoms with Crippen LogP contribution in [0.25, 0.3) is 0 Å². The van der Waals surface area contributed by atoms with Crippen LogP contribution in [0.1, 0.15) is 34.3 Å². The molecule has 42 heavy (non-hydrogen) atoms. The summed E-state index contributed by atoms with van der Waals surface area (Å²) in [5, 5.41) is 6.44. The van der Waals surface area contributed by atoms with Crippen molar-refractivity contribution in [3.05, 3.63) is 87.4 Å². The van der Waals surface area contributed by atoms with Crippen LogP contribution in [-0.2, 0) is 27.0 Å². The average molecular weight is 635 g/mol. The molecule has 0 bridgehead atoms. The minimum absolute atomic E-state index is 0.0407. The third-order valence-corrected chi connectivity index (χ3v) is 9.46. The van der Waals surface area contributed by atoms with Crippen molar-refractivity contribution in [2.24, 2.45) is 5.92 Å². The van der Waals surface area contributed by atoms with Crippen molar-refractivity contribution in [2.45, 2.75) is 25.0 Å². The van der Waals surface area contributed by atoms with Gasteiger partial charge < -0.3 is 20.1 Å². The average Bonchev–Trinajstić information content (AvgIpc) is 2.98. The van der Waals surface area contributed by atoms with E-state index in [1.54, 1.807) is 50.6 Å². The number of nitrogens with zero attached hydrogens (tertiary/aromatic N) is 1. The lowest BCUT2D eigenvalue weighted by molar-refractivity contribution is -0.120. The van der Waals surface area contributed by atoms with Crippen molar-refractivity contribution in [1.82, 2.24) is 9.62 Å². The van der Waals surface area contributed by atoms with Crippen molar-refractivity contribution in [2.75, 3.05) is 39.2 Å². The first kappa shape index (κ1) is 31.6. The van der Waals surface area contributed by atoms with E-state index < -0.39 is 15.9 Å². The molecule has 9 nitrogen and oxygen atoms in total. The number of amides is 2. The number of ether oxygens (including phenoxy) is 2. The molecule has 1 aliphatic rings. The second kappa shape index (κ2) is 14.2. The molecule has 0 unspecified atom stereocenters. The van der Waals surface area contributed by atoms with E-state index in [0.717, 1.165) is 5.56 Å². The molecule has 12 heteroatoms. The van der Waals surface area contributed by atoms with Crippen LogP contribution in [0.15, 0.2) is 60.7 Å². The predicted octanol–water partition coefficient (Wildman–Crippen LogP) is 5.16. The van der Waals surface area contributed by atoms with Gasteiger partial charge in [0.05, 0.1) is 37.1 Å². The molecular formula is C30H33Cl2N3O6S. The lowest BCUT2D eigenvalue weighted by atomic mass is 9.98. The number of para-hydroxylation sites is 1. The minimum Gasteiger partial charge on any atom is -0.493 e. The highest BCUT2D eigenvalue weighted by Gasteiger charge is 2.33. The maximum Gasteiger partial charge on any atom is 0.253 e. The molecule has 2 amide bonds. The van der Waals surface area contributed by atoms with Gasteiger partial charge in [0.25, 0.3) is 5.91 Å². The number of methoxy groups -OCH3 is 2. The molecule has 1 atom stereocenters. The zero-order chi connectivity index (χ0) is 30.3. The van der Waals surface area contributed by atoms with Crippen LogP contribution in [-0.4, -0.2) is 58.4 Å². The van der Waals surface area contributed by atoms with Gasteiger partial charge in [-0.3, -0.25) is 9.59 Å². The van der Waals surface area contributed by atoms with E-state index in [2.05, 4.69) is 10.6 Å². The standard InChI is InChI=1S/C30H33Cl2N3O6S/c1-40-27-12-9-20(16-28(27)41-2)13-14-33-30(37)24-7-3-4-8-26(24)34-29(36)21-6-5-15-35(18-21)42(38,39)19-22-10-11-23(31)17-25(22)32/h3-4,7-12,16-17,21H,5-6,13-15,18-19H2,1-2H3,(H,33,37)(H,34,36)/t21-/m1/s1. The van der Waals surface area contributed by atoms with Crippen molar-refractivity contribution in [3.8, 4) is 11.5 Å². The molecule has 3 aromatic carbocycles. The van der Waals surface area contributed by atoms with Gasteiger partial charge in [0, 0.05) is 29.7 Å². The monoisotopic (exact) mass is 633 g/mol. The normalized spacial score (nSPS) is 15.6. The van der Waals surface area contributed by atoms with Crippen LogP contribution in [0.3, 0.4) is 0 Å². The largest absolute Gasteiger partial charge is 0.493 e. The quantitative estimate of drug-likeness (QED) is 0.301. The number of sulfonamides is 1. The number of carbonyl (C=O) groups is 2. The summed E-state index contributed by atoms with van der Waals surface area (Å²) >= 11 is 12.1. The number of halogens is 2. The molecule has 0 aromatic heterocycles. The number of nitrogens with one attached hydrogen (secondary N) is 2. The molecule has 1 heterocycles. The molecule has 1 saturated heterocycles. The summed E-state index contributed by atoms with van der Waals surface area (Å²) in [6.07, 6.45) is 1.62. The van der Waals surface area contributed by atoms with Crippen LogP contribution < -0.4 is 20.1 Å². The van der Waals surface area contributed by atoms with Gasteiger partial charge in [-0.05, 0) is 66.8 Å². The Morgan fingerprint density at radius 3 is 2.50 bits per heavy atom. The first-order valence-corrected chi connectivity index (χ1v) is 15.8. The molecule has 0 saturated carbocycles. The maximum absolute atomic E-state index is 13.3. The molecule has 0 spiro atoms. The van der Waals surface area contributed by atoms with Crippen LogP contribution in [0.4, 0.5) is 5.69 Å². The van der Waals surface area contributed by atoms with Gasteiger partial charge in [-0.1, -0.05) is 47.5 Å². The third-order valence-electron chi connectivity index (χ3n) is 7.08. The van der Waals surface area contributed by atoms with Crippen molar-refractivity contribution in [1.29, 1.82) is 0 Å². The van der Waals surface area contributed by atoms with Crippen LogP contribution >= 0.6 is 23.2 Å². The van der Waals surface area contributed by atoms with Crippen molar-refractivity contribution >= 4 is 50.7 Å². The number of carbonyl (C=O) groups excluding carboxylic acids is 2. The van der Waals surface area contributed by atoms with Gasteiger partial charge in [-0.25, -0.2) is 12.7 Å². The highest BCUT2D eigenvalue weighted by molar-refractivity contribution is 7.88. The Labute approximate surface area is 256 Å². The first-order valence-electron chi connectivity index (χ1n) is 13.4. The topological polar surface area (TPSA) is 114 Å². The zero-order valence-electron chi connectivity index (χ0n) is 23.4. The number of hydrogen-bond donors (Lipinski definition) is 2. The van der Waals surface area contributed by atoms with Crippen LogP contribution in [0.5, 0.6) is 11.5 Å². The molecule has 3 aromatic rings. The van der Waals surface area contributed by atoms with E-state index in [4.69, 9.17) is 32.7 Å². The summed E-state index contributed by atoms with van der Waals surface area (Å²) in [5.41, 5.74) is 2.08. The second-order valence-electron chi connectivity index (χ2n) is 9.92. The second-order valence-corrected chi connectivity index (χ2v) is 12.7.